The lowest BCUT2D eigenvalue weighted by atomic mass is 9.95. The van der Waals surface area contributed by atoms with Gasteiger partial charge in [-0.3, -0.25) is 4.79 Å². The maximum atomic E-state index is 12.3. The number of halogens is 1. The zero-order valence-electron chi connectivity index (χ0n) is 13.5. The first kappa shape index (κ1) is 16.3. The second-order valence-corrected chi connectivity index (χ2v) is 6.66. The summed E-state index contributed by atoms with van der Waals surface area (Å²) >= 11 is 5.99. The molecule has 0 radical (unpaired) electrons. The highest BCUT2D eigenvalue weighted by Crippen LogP contribution is 2.31. The smallest absolute Gasteiger partial charge is 0.226 e. The molecule has 1 aliphatic rings. The van der Waals surface area contributed by atoms with Gasteiger partial charge in [0.15, 0.2) is 11.5 Å². The quantitative estimate of drug-likeness (QED) is 0.933. The summed E-state index contributed by atoms with van der Waals surface area (Å²) in [6, 6.07) is 5.48. The Morgan fingerprint density at radius 2 is 2.22 bits per heavy atom. The maximum absolute atomic E-state index is 12.3. The topological polar surface area (TPSA) is 58.4 Å². The molecule has 1 N–H and O–H groups in total. The lowest BCUT2D eigenvalue weighted by Crippen LogP contribution is -2.42. The Balaban J connectivity index is 1.65. The first-order chi connectivity index (χ1) is 11.1. The molecule has 6 heteroatoms. The van der Waals surface area contributed by atoms with E-state index in [1.165, 1.54) is 0 Å². The molecule has 124 valence electrons. The highest BCUT2D eigenvalue weighted by Gasteiger charge is 2.28. The van der Waals surface area contributed by atoms with Gasteiger partial charge in [0.2, 0.25) is 5.91 Å². The lowest BCUT2D eigenvalue weighted by molar-refractivity contribution is -0.136. The van der Waals surface area contributed by atoms with E-state index in [2.05, 4.69) is 10.3 Å². The monoisotopic (exact) mass is 335 g/mol. The third-order valence-electron chi connectivity index (χ3n) is 4.45. The van der Waals surface area contributed by atoms with Gasteiger partial charge in [0.05, 0.1) is 0 Å². The number of piperidine rings is 1. The van der Waals surface area contributed by atoms with Crippen molar-refractivity contribution in [2.75, 3.05) is 26.7 Å². The van der Waals surface area contributed by atoms with Crippen molar-refractivity contribution in [2.24, 2.45) is 5.92 Å². The molecular weight excluding hydrogens is 314 g/mol. The minimum atomic E-state index is 0.0167. The van der Waals surface area contributed by atoms with E-state index in [0.717, 1.165) is 42.9 Å². The van der Waals surface area contributed by atoms with Gasteiger partial charge in [-0.25, -0.2) is 4.98 Å². The fourth-order valence-electron chi connectivity index (χ4n) is 3.15. The molecule has 0 aliphatic carbocycles. The summed E-state index contributed by atoms with van der Waals surface area (Å²) in [6.07, 6.45) is 1.77. The Labute approximate surface area is 141 Å². The van der Waals surface area contributed by atoms with Crippen molar-refractivity contribution in [3.05, 3.63) is 29.1 Å². The molecule has 1 unspecified atom stereocenters. The van der Waals surface area contributed by atoms with E-state index >= 15 is 0 Å². The van der Waals surface area contributed by atoms with E-state index in [0.29, 0.717) is 11.6 Å². The van der Waals surface area contributed by atoms with Crippen LogP contribution in [0.1, 0.15) is 31.6 Å². The number of benzene rings is 1. The van der Waals surface area contributed by atoms with Crippen LogP contribution in [0.4, 0.5) is 0 Å². The van der Waals surface area contributed by atoms with E-state index in [-0.39, 0.29) is 17.7 Å². The van der Waals surface area contributed by atoms with Crippen molar-refractivity contribution in [1.82, 2.24) is 15.2 Å². The van der Waals surface area contributed by atoms with E-state index in [4.69, 9.17) is 16.0 Å². The Bertz CT molecular complexity index is 692. The predicted molar refractivity (Wildman–Crippen MR) is 90.7 cm³/mol. The van der Waals surface area contributed by atoms with Gasteiger partial charge in [-0.1, -0.05) is 18.5 Å². The molecule has 0 bridgehead atoms. The van der Waals surface area contributed by atoms with Crippen LogP contribution in [-0.4, -0.2) is 42.5 Å². The summed E-state index contributed by atoms with van der Waals surface area (Å²) in [4.78, 5) is 18.9. The molecule has 1 aromatic carbocycles. The van der Waals surface area contributed by atoms with Gasteiger partial charge < -0.3 is 14.6 Å². The summed E-state index contributed by atoms with van der Waals surface area (Å²) in [7, 11) is 1.87. The van der Waals surface area contributed by atoms with Crippen molar-refractivity contribution in [2.45, 2.75) is 25.7 Å². The van der Waals surface area contributed by atoms with Gasteiger partial charge >= 0.3 is 0 Å². The van der Waals surface area contributed by atoms with Crippen LogP contribution in [-0.2, 0) is 4.79 Å². The Morgan fingerprint density at radius 1 is 1.48 bits per heavy atom. The number of carbonyl (C=O) groups is 1. The average molecular weight is 336 g/mol. The lowest BCUT2D eigenvalue weighted by Gasteiger charge is -2.32. The van der Waals surface area contributed by atoms with Gasteiger partial charge in [0, 0.05) is 36.5 Å². The third kappa shape index (κ3) is 3.51. The standard InChI is InChI=1S/C17H22ClN3O2/c1-11(10-19-2)17(22)21-7-5-12(6-8-21)16-20-14-9-13(18)3-4-15(14)23-16/h3-4,9,11-12,19H,5-8,10H2,1-2H3. The summed E-state index contributed by atoms with van der Waals surface area (Å²) in [5, 5.41) is 3.72. The summed E-state index contributed by atoms with van der Waals surface area (Å²) in [5.41, 5.74) is 1.57. The van der Waals surface area contributed by atoms with Gasteiger partial charge in [-0.05, 0) is 38.1 Å². The molecule has 5 nitrogen and oxygen atoms in total. The molecule has 2 heterocycles. The molecule has 3 rings (SSSR count). The number of nitrogens with zero attached hydrogens (tertiary/aromatic N) is 2. The number of hydrogen-bond donors (Lipinski definition) is 1. The molecule has 2 aromatic rings. The second-order valence-electron chi connectivity index (χ2n) is 6.22. The van der Waals surface area contributed by atoms with Crippen LogP contribution in [0, 0.1) is 5.92 Å². The predicted octanol–water partition coefficient (Wildman–Crippen LogP) is 3.04. The summed E-state index contributed by atoms with van der Waals surface area (Å²) in [6.45, 7) is 4.20. The normalized spacial score (nSPS) is 17.6. The molecule has 0 saturated carbocycles. The van der Waals surface area contributed by atoms with Crippen LogP contribution in [0.2, 0.25) is 5.02 Å². The summed E-state index contributed by atoms with van der Waals surface area (Å²) < 4.78 is 5.86. The molecule has 1 aromatic heterocycles. The van der Waals surface area contributed by atoms with E-state index in [9.17, 15) is 4.79 Å². The molecule has 1 atom stereocenters. The third-order valence-corrected chi connectivity index (χ3v) is 4.69. The molecule has 1 fully saturated rings. The van der Waals surface area contributed by atoms with Crippen LogP contribution in [0.5, 0.6) is 0 Å². The molecule has 23 heavy (non-hydrogen) atoms. The van der Waals surface area contributed by atoms with Crippen molar-refractivity contribution in [3.8, 4) is 0 Å². The zero-order chi connectivity index (χ0) is 16.4. The van der Waals surface area contributed by atoms with Crippen molar-refractivity contribution < 1.29 is 9.21 Å². The van der Waals surface area contributed by atoms with Crippen molar-refractivity contribution in [3.63, 3.8) is 0 Å². The number of nitrogens with one attached hydrogen (secondary N) is 1. The molecule has 0 spiro atoms. The zero-order valence-corrected chi connectivity index (χ0v) is 14.3. The second kappa shape index (κ2) is 6.89. The van der Waals surface area contributed by atoms with Gasteiger partial charge in [-0.2, -0.15) is 0 Å². The van der Waals surface area contributed by atoms with Gasteiger partial charge in [0.25, 0.3) is 0 Å². The number of likely N-dealkylation sites (tertiary alicyclic amines) is 1. The minimum Gasteiger partial charge on any atom is -0.440 e. The van der Waals surface area contributed by atoms with E-state index < -0.39 is 0 Å². The van der Waals surface area contributed by atoms with Crippen LogP contribution in [0.25, 0.3) is 11.1 Å². The fraction of sp³-hybridized carbons (Fsp3) is 0.529. The molecule has 1 saturated heterocycles. The number of hydrogen-bond acceptors (Lipinski definition) is 4. The number of oxazole rings is 1. The first-order valence-corrected chi connectivity index (χ1v) is 8.45. The minimum absolute atomic E-state index is 0.0167. The number of amides is 1. The van der Waals surface area contributed by atoms with Gasteiger partial charge in [-0.15, -0.1) is 0 Å². The summed E-state index contributed by atoms with van der Waals surface area (Å²) in [5.74, 6) is 1.27. The van der Waals surface area contributed by atoms with Crippen LogP contribution < -0.4 is 5.32 Å². The SMILES string of the molecule is CNCC(C)C(=O)N1CCC(c2nc3cc(Cl)ccc3o2)CC1. The number of aromatic nitrogens is 1. The Kier molecular flexibility index (Phi) is 4.87. The Morgan fingerprint density at radius 3 is 2.91 bits per heavy atom. The number of carbonyl (C=O) groups excluding carboxylic acids is 1. The van der Waals surface area contributed by atoms with Crippen LogP contribution in [0.3, 0.4) is 0 Å². The van der Waals surface area contributed by atoms with Crippen LogP contribution in [0.15, 0.2) is 22.6 Å². The number of fused-ring (bicyclic) bond motifs is 1. The largest absolute Gasteiger partial charge is 0.440 e. The molecular formula is C17H22ClN3O2. The van der Waals surface area contributed by atoms with Crippen LogP contribution >= 0.6 is 11.6 Å². The average Bonchev–Trinajstić information content (AvgIpc) is 2.97. The van der Waals surface area contributed by atoms with E-state index in [1.807, 2.05) is 37.1 Å². The Hall–Kier alpha value is -1.59. The fourth-order valence-corrected chi connectivity index (χ4v) is 3.31. The first-order valence-electron chi connectivity index (χ1n) is 8.08. The maximum Gasteiger partial charge on any atom is 0.226 e. The highest BCUT2D eigenvalue weighted by molar-refractivity contribution is 6.31. The highest BCUT2D eigenvalue weighted by atomic mass is 35.5. The number of rotatable bonds is 4. The van der Waals surface area contributed by atoms with Crippen molar-refractivity contribution in [1.29, 1.82) is 0 Å². The van der Waals surface area contributed by atoms with Gasteiger partial charge in [0.1, 0.15) is 5.52 Å². The molecule has 1 amide bonds. The molecule has 1 aliphatic heterocycles. The van der Waals surface area contributed by atoms with E-state index in [1.54, 1.807) is 0 Å². The van der Waals surface area contributed by atoms with Crippen molar-refractivity contribution >= 4 is 28.6 Å².